The van der Waals surface area contributed by atoms with Gasteiger partial charge >= 0.3 is 5.97 Å². The minimum Gasteiger partial charge on any atom is -0.454 e. The fourth-order valence-corrected chi connectivity index (χ4v) is 3.15. The first-order valence-corrected chi connectivity index (χ1v) is 9.44. The molecule has 6 nitrogen and oxygen atoms in total. The van der Waals surface area contributed by atoms with Crippen molar-refractivity contribution >= 4 is 29.0 Å². The van der Waals surface area contributed by atoms with Gasteiger partial charge in [-0.1, -0.05) is 25.5 Å². The molecule has 0 aliphatic carbocycles. The van der Waals surface area contributed by atoms with Crippen molar-refractivity contribution in [3.05, 3.63) is 59.2 Å². The van der Waals surface area contributed by atoms with Gasteiger partial charge in [-0.3, -0.25) is 9.59 Å². The number of amides is 1. The molecule has 0 saturated heterocycles. The highest BCUT2D eigenvalue weighted by atomic mass is 16.5. The summed E-state index contributed by atoms with van der Waals surface area (Å²) >= 11 is 0. The van der Waals surface area contributed by atoms with Crippen molar-refractivity contribution in [3.63, 3.8) is 0 Å². The molecule has 1 aliphatic heterocycles. The lowest BCUT2D eigenvalue weighted by atomic mass is 10.1. The fourth-order valence-electron chi connectivity index (χ4n) is 3.15. The zero-order valence-electron chi connectivity index (χ0n) is 16.2. The van der Waals surface area contributed by atoms with E-state index in [2.05, 4.69) is 12.2 Å². The van der Waals surface area contributed by atoms with Crippen LogP contribution in [0.15, 0.2) is 42.5 Å². The number of Topliss-reactive ketones (excluding diaryl/α,β-unsaturated/α-hetero) is 1. The maximum absolute atomic E-state index is 12.4. The average molecular weight is 380 g/mol. The quantitative estimate of drug-likeness (QED) is 0.431. The van der Waals surface area contributed by atoms with E-state index in [1.807, 2.05) is 12.1 Å². The number of para-hydroxylation sites is 1. The second-order valence-corrected chi connectivity index (χ2v) is 6.80. The van der Waals surface area contributed by atoms with Crippen LogP contribution in [0.2, 0.25) is 0 Å². The van der Waals surface area contributed by atoms with Gasteiger partial charge in [-0.2, -0.15) is 0 Å². The van der Waals surface area contributed by atoms with Gasteiger partial charge in [-0.15, -0.1) is 0 Å². The van der Waals surface area contributed by atoms with Crippen LogP contribution in [-0.2, 0) is 16.0 Å². The van der Waals surface area contributed by atoms with Gasteiger partial charge in [0.15, 0.2) is 12.4 Å². The Morgan fingerprint density at radius 3 is 2.75 bits per heavy atom. The molecule has 1 amide bonds. The third kappa shape index (κ3) is 4.22. The molecule has 0 saturated carbocycles. The number of nitrogens with zero attached hydrogens (tertiary/aromatic N) is 1. The van der Waals surface area contributed by atoms with E-state index >= 15 is 0 Å². The molecular weight excluding hydrogens is 356 g/mol. The first-order valence-electron chi connectivity index (χ1n) is 9.44. The molecule has 146 valence electrons. The van der Waals surface area contributed by atoms with Crippen LogP contribution in [-0.4, -0.2) is 37.9 Å². The number of esters is 1. The molecule has 0 fully saturated rings. The first-order chi connectivity index (χ1) is 13.5. The van der Waals surface area contributed by atoms with Gasteiger partial charge in [-0.05, 0) is 42.3 Å². The van der Waals surface area contributed by atoms with Crippen molar-refractivity contribution in [3.8, 4) is 0 Å². The predicted octanol–water partition coefficient (Wildman–Crippen LogP) is 3.46. The van der Waals surface area contributed by atoms with Gasteiger partial charge < -0.3 is 15.0 Å². The van der Waals surface area contributed by atoms with Crippen molar-refractivity contribution in [2.75, 3.05) is 30.4 Å². The fraction of sp³-hybridized carbons (Fsp3) is 0.318. The summed E-state index contributed by atoms with van der Waals surface area (Å²) in [4.78, 5) is 38.2. The van der Waals surface area contributed by atoms with E-state index in [0.29, 0.717) is 16.8 Å². The smallest absolute Gasteiger partial charge is 0.340 e. The molecule has 28 heavy (non-hydrogen) atoms. The number of hydrogen-bond acceptors (Lipinski definition) is 5. The minimum atomic E-state index is -0.538. The number of fused-ring (bicyclic) bond motifs is 1. The zero-order chi connectivity index (χ0) is 20.1. The number of ether oxygens (including phenoxy) is 1. The SMILES string of the molecule is CCCCNc1ccccc1C(=O)OCC(=O)c1ccc2c(c1)CC(=O)N2C. The molecule has 0 atom stereocenters. The number of benzene rings is 2. The second-order valence-electron chi connectivity index (χ2n) is 6.80. The van der Waals surface area contributed by atoms with Crippen molar-refractivity contribution in [2.45, 2.75) is 26.2 Å². The molecule has 1 heterocycles. The summed E-state index contributed by atoms with van der Waals surface area (Å²) in [5.74, 6) is -0.836. The number of anilines is 2. The van der Waals surface area contributed by atoms with Crippen LogP contribution >= 0.6 is 0 Å². The summed E-state index contributed by atoms with van der Waals surface area (Å²) in [7, 11) is 1.71. The summed E-state index contributed by atoms with van der Waals surface area (Å²) in [6.07, 6.45) is 2.33. The third-order valence-corrected chi connectivity index (χ3v) is 4.81. The van der Waals surface area contributed by atoms with E-state index in [9.17, 15) is 14.4 Å². The lowest BCUT2D eigenvalue weighted by Gasteiger charge is -2.12. The van der Waals surface area contributed by atoms with Crippen LogP contribution in [0.3, 0.4) is 0 Å². The number of ketones is 1. The van der Waals surface area contributed by atoms with Crippen molar-refractivity contribution in [1.29, 1.82) is 0 Å². The van der Waals surface area contributed by atoms with Crippen molar-refractivity contribution < 1.29 is 19.1 Å². The van der Waals surface area contributed by atoms with Crippen LogP contribution < -0.4 is 10.2 Å². The molecule has 2 aromatic rings. The monoisotopic (exact) mass is 380 g/mol. The molecule has 3 rings (SSSR count). The molecule has 0 unspecified atom stereocenters. The van der Waals surface area contributed by atoms with Crippen LogP contribution in [0, 0.1) is 0 Å². The molecule has 6 heteroatoms. The molecule has 0 spiro atoms. The number of likely N-dealkylation sites (N-methyl/N-ethyl adjacent to an activating group) is 1. The molecule has 1 N–H and O–H groups in total. The number of carbonyl (C=O) groups excluding carboxylic acids is 3. The average Bonchev–Trinajstić information content (AvgIpc) is 2.99. The summed E-state index contributed by atoms with van der Waals surface area (Å²) in [5.41, 5.74) is 3.17. The van der Waals surface area contributed by atoms with Gasteiger partial charge in [0, 0.05) is 30.5 Å². The third-order valence-electron chi connectivity index (χ3n) is 4.81. The van der Waals surface area contributed by atoms with E-state index in [4.69, 9.17) is 4.74 Å². The van der Waals surface area contributed by atoms with Crippen LogP contribution in [0.5, 0.6) is 0 Å². The Labute approximate surface area is 164 Å². The second kappa shape index (κ2) is 8.69. The highest BCUT2D eigenvalue weighted by molar-refractivity contribution is 6.04. The normalized spacial score (nSPS) is 12.6. The van der Waals surface area contributed by atoms with E-state index in [1.54, 1.807) is 42.3 Å². The Morgan fingerprint density at radius 1 is 1.18 bits per heavy atom. The molecule has 2 aromatic carbocycles. The van der Waals surface area contributed by atoms with E-state index in [0.717, 1.165) is 30.6 Å². The highest BCUT2D eigenvalue weighted by Crippen LogP contribution is 2.28. The largest absolute Gasteiger partial charge is 0.454 e. The lowest BCUT2D eigenvalue weighted by molar-refractivity contribution is -0.117. The number of carbonyl (C=O) groups is 3. The number of hydrogen-bond donors (Lipinski definition) is 1. The molecule has 0 aromatic heterocycles. The Kier molecular flexibility index (Phi) is 6.09. The summed E-state index contributed by atoms with van der Waals surface area (Å²) in [5, 5.41) is 3.23. The summed E-state index contributed by atoms with van der Waals surface area (Å²) < 4.78 is 5.25. The topological polar surface area (TPSA) is 75.7 Å². The number of unbranched alkanes of at least 4 members (excludes halogenated alkanes) is 1. The van der Waals surface area contributed by atoms with E-state index < -0.39 is 5.97 Å². The molecule has 1 aliphatic rings. The van der Waals surface area contributed by atoms with E-state index in [-0.39, 0.29) is 24.7 Å². The Balaban J connectivity index is 1.63. The molecular formula is C22H24N2O4. The van der Waals surface area contributed by atoms with Gasteiger partial charge in [0.05, 0.1) is 12.0 Å². The molecule has 0 bridgehead atoms. The Morgan fingerprint density at radius 2 is 1.96 bits per heavy atom. The zero-order valence-corrected chi connectivity index (χ0v) is 16.2. The van der Waals surface area contributed by atoms with Gasteiger partial charge in [-0.25, -0.2) is 4.79 Å². The van der Waals surface area contributed by atoms with Gasteiger partial charge in [0.2, 0.25) is 5.91 Å². The Bertz CT molecular complexity index is 907. The minimum absolute atomic E-state index is 0.00166. The van der Waals surface area contributed by atoms with Crippen LogP contribution in [0.4, 0.5) is 11.4 Å². The maximum atomic E-state index is 12.4. The first kappa shape index (κ1) is 19.6. The lowest BCUT2D eigenvalue weighted by Crippen LogP contribution is -2.20. The van der Waals surface area contributed by atoms with Crippen LogP contribution in [0.1, 0.15) is 46.0 Å². The Hall–Kier alpha value is -3.15. The standard InChI is InChI=1S/C22H24N2O4/c1-3-4-11-23-18-8-6-5-7-17(18)22(27)28-14-20(25)15-9-10-19-16(12-15)13-21(26)24(19)2/h5-10,12,23H,3-4,11,13-14H2,1-2H3. The van der Waals surface area contributed by atoms with Crippen LogP contribution in [0.25, 0.3) is 0 Å². The van der Waals surface area contributed by atoms with E-state index in [1.165, 1.54) is 0 Å². The highest BCUT2D eigenvalue weighted by Gasteiger charge is 2.25. The molecule has 0 radical (unpaired) electrons. The number of nitrogens with one attached hydrogen (secondary N) is 1. The summed E-state index contributed by atoms with van der Waals surface area (Å²) in [6.45, 7) is 2.52. The van der Waals surface area contributed by atoms with Gasteiger partial charge in [0.1, 0.15) is 0 Å². The van der Waals surface area contributed by atoms with Crippen molar-refractivity contribution in [1.82, 2.24) is 0 Å². The maximum Gasteiger partial charge on any atom is 0.340 e. The van der Waals surface area contributed by atoms with Crippen molar-refractivity contribution in [2.24, 2.45) is 0 Å². The predicted molar refractivity (Wildman–Crippen MR) is 108 cm³/mol. The number of rotatable bonds is 8. The summed E-state index contributed by atoms with van der Waals surface area (Å²) in [6, 6.07) is 12.2. The van der Waals surface area contributed by atoms with Gasteiger partial charge in [0.25, 0.3) is 0 Å².